The summed E-state index contributed by atoms with van der Waals surface area (Å²) in [7, 11) is 4.88. The van der Waals surface area contributed by atoms with Gasteiger partial charge < -0.3 is 24.5 Å². The normalized spacial score (nSPS) is 10.4. The Bertz CT molecular complexity index is 588. The van der Waals surface area contributed by atoms with Crippen molar-refractivity contribution in [2.24, 2.45) is 0 Å². The summed E-state index contributed by atoms with van der Waals surface area (Å²) in [5, 5.41) is 14.1. The quantitative estimate of drug-likeness (QED) is 0.846. The van der Waals surface area contributed by atoms with E-state index in [9.17, 15) is 0 Å². The molecule has 1 aromatic heterocycles. The van der Waals surface area contributed by atoms with Gasteiger partial charge in [-0.3, -0.25) is 0 Å². The van der Waals surface area contributed by atoms with E-state index in [1.54, 1.807) is 26.3 Å². The van der Waals surface area contributed by atoms with Crippen LogP contribution in [0.1, 0.15) is 5.89 Å². The largest absolute Gasteiger partial charge is 0.495 e. The van der Waals surface area contributed by atoms with Gasteiger partial charge in [-0.2, -0.15) is 0 Å². The highest BCUT2D eigenvalue weighted by Crippen LogP contribution is 2.37. The first-order valence-electron chi connectivity index (χ1n) is 5.83. The number of halogens is 1. The second-order valence-electron chi connectivity index (χ2n) is 3.84. The molecule has 2 rings (SSSR count). The Morgan fingerprint density at radius 2 is 1.95 bits per heavy atom. The highest BCUT2D eigenvalue weighted by atomic mass is 35.5. The summed E-state index contributed by atoms with van der Waals surface area (Å²) in [5.74, 6) is 1.56. The molecule has 2 N–H and O–H groups in total. The number of aromatic nitrogens is 2. The molecular formula is C12H15ClN4O3. The van der Waals surface area contributed by atoms with Crippen LogP contribution in [0.25, 0.3) is 0 Å². The molecule has 108 valence electrons. The van der Waals surface area contributed by atoms with Crippen molar-refractivity contribution in [2.45, 2.75) is 6.54 Å². The number of nitrogens with zero attached hydrogens (tertiary/aromatic N) is 2. The molecule has 7 nitrogen and oxygen atoms in total. The molecule has 0 spiro atoms. The SMILES string of the molecule is CNCc1nnc(Nc2cc(Cl)c(OC)cc2OC)o1. The van der Waals surface area contributed by atoms with Crippen molar-refractivity contribution in [3.8, 4) is 11.5 Å². The summed E-state index contributed by atoms with van der Waals surface area (Å²) in [6.07, 6.45) is 0. The number of ether oxygens (including phenoxy) is 2. The van der Waals surface area contributed by atoms with Gasteiger partial charge in [0, 0.05) is 6.07 Å². The van der Waals surface area contributed by atoms with E-state index in [1.807, 2.05) is 0 Å². The second-order valence-corrected chi connectivity index (χ2v) is 4.25. The molecule has 0 unspecified atom stereocenters. The van der Waals surface area contributed by atoms with Gasteiger partial charge in [-0.25, -0.2) is 0 Å². The average molecular weight is 299 g/mol. The maximum atomic E-state index is 6.08. The van der Waals surface area contributed by atoms with E-state index < -0.39 is 0 Å². The van der Waals surface area contributed by atoms with Gasteiger partial charge in [0.1, 0.15) is 11.5 Å². The van der Waals surface area contributed by atoms with Gasteiger partial charge in [0.05, 0.1) is 31.5 Å². The van der Waals surface area contributed by atoms with E-state index in [4.69, 9.17) is 25.5 Å². The third-order valence-electron chi connectivity index (χ3n) is 2.51. The lowest BCUT2D eigenvalue weighted by molar-refractivity contribution is 0.395. The molecule has 0 fully saturated rings. The molecule has 20 heavy (non-hydrogen) atoms. The van der Waals surface area contributed by atoms with Crippen molar-refractivity contribution in [2.75, 3.05) is 26.6 Å². The zero-order valence-corrected chi connectivity index (χ0v) is 12.1. The number of benzene rings is 1. The van der Waals surface area contributed by atoms with Crippen LogP contribution in [0, 0.1) is 0 Å². The molecular weight excluding hydrogens is 284 g/mol. The van der Waals surface area contributed by atoms with Crippen LogP contribution >= 0.6 is 11.6 Å². The maximum Gasteiger partial charge on any atom is 0.320 e. The van der Waals surface area contributed by atoms with Crippen LogP contribution < -0.4 is 20.1 Å². The van der Waals surface area contributed by atoms with Gasteiger partial charge in [-0.1, -0.05) is 16.7 Å². The first-order valence-corrected chi connectivity index (χ1v) is 6.21. The summed E-state index contributed by atoms with van der Waals surface area (Å²) in [4.78, 5) is 0. The van der Waals surface area contributed by atoms with Gasteiger partial charge in [0.25, 0.3) is 0 Å². The molecule has 1 aromatic carbocycles. The lowest BCUT2D eigenvalue weighted by Gasteiger charge is -2.11. The Labute approximate surface area is 121 Å². The topological polar surface area (TPSA) is 81.4 Å². The molecule has 8 heteroatoms. The molecule has 0 saturated carbocycles. The van der Waals surface area contributed by atoms with Gasteiger partial charge >= 0.3 is 6.01 Å². The minimum atomic E-state index is 0.259. The standard InChI is InChI=1S/C12H15ClN4O3/c1-14-6-11-16-17-12(20-11)15-8-4-7(13)9(18-2)5-10(8)19-3/h4-5,14H,6H2,1-3H3,(H,15,17). The average Bonchev–Trinajstić information content (AvgIpc) is 2.87. The van der Waals surface area contributed by atoms with E-state index in [2.05, 4.69) is 20.8 Å². The third-order valence-corrected chi connectivity index (χ3v) is 2.81. The van der Waals surface area contributed by atoms with Gasteiger partial charge in [0.15, 0.2) is 0 Å². The van der Waals surface area contributed by atoms with Crippen molar-refractivity contribution < 1.29 is 13.9 Å². The number of rotatable bonds is 6. The van der Waals surface area contributed by atoms with E-state index in [0.717, 1.165) is 0 Å². The fourth-order valence-corrected chi connectivity index (χ4v) is 1.84. The zero-order valence-electron chi connectivity index (χ0n) is 11.4. The van der Waals surface area contributed by atoms with Crippen molar-refractivity contribution >= 4 is 23.3 Å². The molecule has 0 aliphatic heterocycles. The maximum absolute atomic E-state index is 6.08. The van der Waals surface area contributed by atoms with Gasteiger partial charge in [0.2, 0.25) is 5.89 Å². The van der Waals surface area contributed by atoms with E-state index in [1.165, 1.54) is 7.11 Å². The highest BCUT2D eigenvalue weighted by Gasteiger charge is 2.13. The molecule has 0 saturated heterocycles. The van der Waals surface area contributed by atoms with E-state index in [-0.39, 0.29) is 6.01 Å². The molecule has 1 heterocycles. The van der Waals surface area contributed by atoms with Crippen LogP contribution in [0.15, 0.2) is 16.5 Å². The first-order chi connectivity index (χ1) is 9.67. The summed E-state index contributed by atoms with van der Waals surface area (Å²) in [5.41, 5.74) is 0.609. The second kappa shape index (κ2) is 6.44. The minimum Gasteiger partial charge on any atom is -0.495 e. The number of methoxy groups -OCH3 is 2. The van der Waals surface area contributed by atoms with Crippen LogP contribution in [0.4, 0.5) is 11.7 Å². The van der Waals surface area contributed by atoms with Crippen LogP contribution in [0.2, 0.25) is 5.02 Å². The lowest BCUT2D eigenvalue weighted by Crippen LogP contribution is -2.04. The molecule has 0 radical (unpaired) electrons. The van der Waals surface area contributed by atoms with Crippen molar-refractivity contribution in [3.63, 3.8) is 0 Å². The van der Waals surface area contributed by atoms with Gasteiger partial charge in [-0.15, -0.1) is 5.10 Å². The van der Waals surface area contributed by atoms with Crippen molar-refractivity contribution in [1.82, 2.24) is 15.5 Å². The minimum absolute atomic E-state index is 0.259. The zero-order chi connectivity index (χ0) is 14.5. The predicted octanol–water partition coefficient (Wildman–Crippen LogP) is 2.20. The highest BCUT2D eigenvalue weighted by molar-refractivity contribution is 6.32. The Kier molecular flexibility index (Phi) is 4.65. The molecule has 0 atom stereocenters. The molecule has 0 aliphatic rings. The Morgan fingerprint density at radius 3 is 2.60 bits per heavy atom. The van der Waals surface area contributed by atoms with Gasteiger partial charge in [-0.05, 0) is 13.1 Å². The fourth-order valence-electron chi connectivity index (χ4n) is 1.60. The van der Waals surface area contributed by atoms with Crippen LogP contribution in [-0.4, -0.2) is 31.5 Å². The fraction of sp³-hybridized carbons (Fsp3) is 0.333. The molecule has 0 bridgehead atoms. The smallest absolute Gasteiger partial charge is 0.320 e. The van der Waals surface area contributed by atoms with Crippen LogP contribution in [-0.2, 0) is 6.54 Å². The number of anilines is 2. The Hall–Kier alpha value is -1.99. The van der Waals surface area contributed by atoms with Crippen molar-refractivity contribution in [1.29, 1.82) is 0 Å². The monoisotopic (exact) mass is 298 g/mol. The Morgan fingerprint density at radius 1 is 1.20 bits per heavy atom. The third kappa shape index (κ3) is 3.12. The summed E-state index contributed by atoms with van der Waals surface area (Å²) >= 11 is 6.08. The van der Waals surface area contributed by atoms with Crippen LogP contribution in [0.3, 0.4) is 0 Å². The van der Waals surface area contributed by atoms with E-state index >= 15 is 0 Å². The molecule has 2 aromatic rings. The number of hydrogen-bond donors (Lipinski definition) is 2. The number of nitrogens with one attached hydrogen (secondary N) is 2. The lowest BCUT2D eigenvalue weighted by atomic mass is 10.2. The van der Waals surface area contributed by atoms with E-state index in [0.29, 0.717) is 34.6 Å². The molecule has 0 amide bonds. The first kappa shape index (κ1) is 14.4. The predicted molar refractivity (Wildman–Crippen MR) is 74.9 cm³/mol. The summed E-state index contributed by atoms with van der Waals surface area (Å²) in [6, 6.07) is 3.60. The van der Waals surface area contributed by atoms with Crippen molar-refractivity contribution in [3.05, 3.63) is 23.0 Å². The van der Waals surface area contributed by atoms with Crippen LogP contribution in [0.5, 0.6) is 11.5 Å². The summed E-state index contributed by atoms with van der Waals surface area (Å²) < 4.78 is 15.8. The molecule has 0 aliphatic carbocycles. The Balaban J connectivity index is 2.25. The number of hydrogen-bond acceptors (Lipinski definition) is 7. The summed E-state index contributed by atoms with van der Waals surface area (Å²) in [6.45, 7) is 0.495.